The lowest BCUT2D eigenvalue weighted by Gasteiger charge is -2.24. The van der Waals surface area contributed by atoms with E-state index in [9.17, 15) is 9.59 Å². The summed E-state index contributed by atoms with van der Waals surface area (Å²) < 4.78 is 1.13. The van der Waals surface area contributed by atoms with E-state index in [4.69, 9.17) is 0 Å². The molecule has 5 nitrogen and oxygen atoms in total. The largest absolute Gasteiger partial charge is 0.334 e. The lowest BCUT2D eigenvalue weighted by Crippen LogP contribution is -2.40. The number of anilines is 1. The number of thioether (sulfide) groups is 1. The molecule has 1 aromatic heterocycles. The minimum atomic E-state index is -0.0453. The average molecular weight is 390 g/mol. The van der Waals surface area contributed by atoms with Crippen LogP contribution in [0, 0.1) is 0 Å². The first kappa shape index (κ1) is 18.9. The lowest BCUT2D eigenvalue weighted by molar-refractivity contribution is -0.113. The van der Waals surface area contributed by atoms with E-state index >= 15 is 0 Å². The highest BCUT2D eigenvalue weighted by molar-refractivity contribution is 8.01. The van der Waals surface area contributed by atoms with Crippen LogP contribution in [-0.4, -0.2) is 48.6 Å². The molecular weight excluding hydrogens is 366 g/mol. The van der Waals surface area contributed by atoms with Gasteiger partial charge in [-0.05, 0) is 55.6 Å². The monoisotopic (exact) mass is 389 g/mol. The predicted octanol–water partition coefficient (Wildman–Crippen LogP) is 3.30. The van der Waals surface area contributed by atoms with Gasteiger partial charge in [-0.15, -0.1) is 23.1 Å². The fourth-order valence-corrected chi connectivity index (χ4v) is 4.68. The molecule has 1 aromatic carbocycles. The van der Waals surface area contributed by atoms with Crippen LogP contribution in [0.15, 0.2) is 46.0 Å². The van der Waals surface area contributed by atoms with Gasteiger partial charge in [-0.3, -0.25) is 9.59 Å². The van der Waals surface area contributed by atoms with Crippen molar-refractivity contribution in [3.63, 3.8) is 0 Å². The Morgan fingerprint density at radius 1 is 1.27 bits per heavy atom. The van der Waals surface area contributed by atoms with Crippen molar-refractivity contribution in [3.8, 4) is 0 Å². The fourth-order valence-electron chi connectivity index (χ4n) is 3.09. The van der Waals surface area contributed by atoms with Gasteiger partial charge < -0.3 is 15.5 Å². The highest BCUT2D eigenvalue weighted by Gasteiger charge is 2.28. The van der Waals surface area contributed by atoms with Gasteiger partial charge in [0.15, 0.2) is 0 Å². The molecule has 1 aliphatic rings. The van der Waals surface area contributed by atoms with E-state index in [0.717, 1.165) is 30.1 Å². The molecule has 26 heavy (non-hydrogen) atoms. The second-order valence-electron chi connectivity index (χ2n) is 6.20. The molecule has 138 valence electrons. The predicted molar refractivity (Wildman–Crippen MR) is 108 cm³/mol. The summed E-state index contributed by atoms with van der Waals surface area (Å²) in [6, 6.07) is 11.4. The smallest absolute Gasteiger partial charge is 0.254 e. The van der Waals surface area contributed by atoms with Crippen LogP contribution in [0.5, 0.6) is 0 Å². The summed E-state index contributed by atoms with van der Waals surface area (Å²) in [6.45, 7) is 1.63. The number of carbonyl (C=O) groups is 2. The van der Waals surface area contributed by atoms with Gasteiger partial charge in [0.1, 0.15) is 0 Å². The first-order valence-corrected chi connectivity index (χ1v) is 10.6. The Hall–Kier alpha value is -1.83. The summed E-state index contributed by atoms with van der Waals surface area (Å²) >= 11 is 3.15. The van der Waals surface area contributed by atoms with Gasteiger partial charge in [-0.1, -0.05) is 6.07 Å². The highest BCUT2D eigenvalue weighted by atomic mass is 32.2. The number of thiophene rings is 1. The highest BCUT2D eigenvalue weighted by Crippen LogP contribution is 2.24. The number of carbonyl (C=O) groups excluding carboxylic acids is 2. The molecule has 2 amide bonds. The molecule has 0 radical (unpaired) electrons. The van der Waals surface area contributed by atoms with Crippen molar-refractivity contribution in [2.24, 2.45) is 0 Å². The van der Waals surface area contributed by atoms with Crippen LogP contribution < -0.4 is 10.6 Å². The van der Waals surface area contributed by atoms with Crippen LogP contribution in [0.25, 0.3) is 0 Å². The Morgan fingerprint density at radius 3 is 2.77 bits per heavy atom. The maximum atomic E-state index is 12.7. The van der Waals surface area contributed by atoms with E-state index in [2.05, 4.69) is 10.6 Å². The van der Waals surface area contributed by atoms with Crippen molar-refractivity contribution in [2.45, 2.75) is 23.1 Å². The van der Waals surface area contributed by atoms with Gasteiger partial charge in [-0.2, -0.15) is 0 Å². The molecule has 1 unspecified atom stereocenters. The molecule has 1 aliphatic heterocycles. The van der Waals surface area contributed by atoms with Gasteiger partial charge in [0.05, 0.1) is 9.96 Å². The second kappa shape index (κ2) is 9.21. The third kappa shape index (κ3) is 4.87. The summed E-state index contributed by atoms with van der Waals surface area (Å²) in [7, 11) is 1.91. The van der Waals surface area contributed by atoms with E-state index in [1.54, 1.807) is 35.6 Å². The van der Waals surface area contributed by atoms with Crippen molar-refractivity contribution < 1.29 is 9.59 Å². The Labute approximate surface area is 162 Å². The zero-order valence-corrected chi connectivity index (χ0v) is 16.4. The molecule has 3 rings (SSSR count). The summed E-state index contributed by atoms with van der Waals surface area (Å²) in [4.78, 5) is 26.7. The van der Waals surface area contributed by atoms with Crippen molar-refractivity contribution in [1.29, 1.82) is 0 Å². The van der Waals surface area contributed by atoms with Gasteiger partial charge in [0, 0.05) is 30.4 Å². The number of likely N-dealkylation sites (tertiary alicyclic amines) is 1. The molecule has 7 heteroatoms. The quantitative estimate of drug-likeness (QED) is 0.714. The van der Waals surface area contributed by atoms with Crippen LogP contribution in [0.3, 0.4) is 0 Å². The fraction of sp³-hybridized carbons (Fsp3) is 0.368. The Morgan fingerprint density at radius 2 is 2.08 bits per heavy atom. The average Bonchev–Trinajstić information content (AvgIpc) is 3.32. The number of nitrogens with zero attached hydrogens (tertiary/aromatic N) is 1. The number of amides is 2. The van der Waals surface area contributed by atoms with E-state index in [0.29, 0.717) is 17.0 Å². The van der Waals surface area contributed by atoms with Crippen LogP contribution >= 0.6 is 23.1 Å². The Balaban J connectivity index is 1.54. The number of hydrogen-bond acceptors (Lipinski definition) is 5. The summed E-state index contributed by atoms with van der Waals surface area (Å²) in [5.74, 6) is 0.394. The number of hydrogen-bond donors (Lipinski definition) is 2. The standard InChI is InChI=1S/C19H23N3O2S2/c1-20-12-16-4-2-10-22(16)19(24)14-6-8-15(9-7-14)21-17(23)13-26-18-5-3-11-25-18/h3,5-9,11,16,20H,2,4,10,12-13H2,1H3,(H,21,23). The van der Waals surface area contributed by atoms with Gasteiger partial charge >= 0.3 is 0 Å². The minimum absolute atomic E-state index is 0.0453. The van der Waals surface area contributed by atoms with Crippen LogP contribution in [0.1, 0.15) is 23.2 Å². The molecular formula is C19H23N3O2S2. The van der Waals surface area contributed by atoms with Crippen LogP contribution in [0.4, 0.5) is 5.69 Å². The van der Waals surface area contributed by atoms with Crippen molar-refractivity contribution in [1.82, 2.24) is 10.2 Å². The molecule has 2 N–H and O–H groups in total. The Bertz CT molecular complexity index is 732. The molecule has 0 aliphatic carbocycles. The molecule has 2 heterocycles. The molecule has 2 aromatic rings. The van der Waals surface area contributed by atoms with E-state index in [1.165, 1.54) is 11.8 Å². The topological polar surface area (TPSA) is 61.4 Å². The van der Waals surface area contributed by atoms with Gasteiger partial charge in [-0.25, -0.2) is 0 Å². The molecule has 0 spiro atoms. The molecule has 0 saturated carbocycles. The maximum Gasteiger partial charge on any atom is 0.254 e. The minimum Gasteiger partial charge on any atom is -0.334 e. The Kier molecular flexibility index (Phi) is 6.71. The number of nitrogens with one attached hydrogen (secondary N) is 2. The summed E-state index contributed by atoms with van der Waals surface area (Å²) in [5.41, 5.74) is 1.38. The van der Waals surface area contributed by atoms with Gasteiger partial charge in [0.2, 0.25) is 5.91 Å². The number of benzene rings is 1. The first-order chi connectivity index (χ1) is 12.7. The second-order valence-corrected chi connectivity index (χ2v) is 8.42. The van der Waals surface area contributed by atoms with Crippen molar-refractivity contribution in [2.75, 3.05) is 31.2 Å². The molecule has 1 saturated heterocycles. The lowest BCUT2D eigenvalue weighted by atomic mass is 10.1. The third-order valence-electron chi connectivity index (χ3n) is 4.33. The summed E-state index contributed by atoms with van der Waals surface area (Å²) in [6.07, 6.45) is 2.09. The number of rotatable bonds is 7. The van der Waals surface area contributed by atoms with Gasteiger partial charge in [0.25, 0.3) is 5.91 Å². The van der Waals surface area contributed by atoms with E-state index in [1.807, 2.05) is 29.5 Å². The SMILES string of the molecule is CNCC1CCCN1C(=O)c1ccc(NC(=O)CSc2cccs2)cc1. The zero-order valence-electron chi connectivity index (χ0n) is 14.7. The normalized spacial score (nSPS) is 16.7. The third-order valence-corrected chi connectivity index (χ3v) is 6.46. The molecule has 1 atom stereocenters. The maximum absolute atomic E-state index is 12.7. The van der Waals surface area contributed by atoms with E-state index < -0.39 is 0 Å². The summed E-state index contributed by atoms with van der Waals surface area (Å²) in [5, 5.41) is 8.03. The van der Waals surface area contributed by atoms with Crippen molar-refractivity contribution >= 4 is 40.6 Å². The molecule has 0 bridgehead atoms. The van der Waals surface area contributed by atoms with Crippen molar-refractivity contribution in [3.05, 3.63) is 47.3 Å². The van der Waals surface area contributed by atoms with Crippen LogP contribution in [0.2, 0.25) is 0 Å². The first-order valence-electron chi connectivity index (χ1n) is 8.69. The van der Waals surface area contributed by atoms with E-state index in [-0.39, 0.29) is 17.9 Å². The molecule has 1 fully saturated rings. The number of likely N-dealkylation sites (N-methyl/N-ethyl adjacent to an activating group) is 1. The van der Waals surface area contributed by atoms with Crippen LogP contribution in [-0.2, 0) is 4.79 Å². The zero-order chi connectivity index (χ0) is 18.4.